The van der Waals surface area contributed by atoms with Crippen LogP contribution in [0.25, 0.3) is 28.6 Å². The van der Waals surface area contributed by atoms with Crippen LogP contribution in [0.1, 0.15) is 16.8 Å². The highest BCUT2D eigenvalue weighted by atomic mass is 35.5. The van der Waals surface area contributed by atoms with Crippen LogP contribution in [0.4, 0.5) is 4.79 Å². The lowest BCUT2D eigenvalue weighted by atomic mass is 10.1. The Hall–Kier alpha value is -2.35. The summed E-state index contributed by atoms with van der Waals surface area (Å²) in [6, 6.07) is 5.34. The number of imidazole rings is 1. The molecule has 1 aromatic carbocycles. The molecule has 0 radical (unpaired) electrons. The molecule has 4 rings (SSSR count). The standard InChI is InChI=1S/C18H12Cl2N4O2S/c1-7-3-9(4-14-17(25)24-18(26)27-14)8(2)21-15(7)16-22-12-5-10(19)11(20)6-13(12)23-16/h3-6H,1-2H3,(H,22,23)(H,24,25,26). The summed E-state index contributed by atoms with van der Waals surface area (Å²) < 4.78 is 0. The number of aryl methyl sites for hydroxylation is 2. The number of halogens is 2. The Morgan fingerprint density at radius 1 is 1.07 bits per heavy atom. The normalized spacial score (nSPS) is 15.8. The number of hydrogen-bond donors (Lipinski definition) is 2. The highest BCUT2D eigenvalue weighted by molar-refractivity contribution is 8.18. The highest BCUT2D eigenvalue weighted by Gasteiger charge is 2.25. The predicted octanol–water partition coefficient (Wildman–Crippen LogP) is 4.87. The smallest absolute Gasteiger partial charge is 0.290 e. The third-order valence-corrected chi connectivity index (χ3v) is 5.65. The molecular weight excluding hydrogens is 407 g/mol. The number of pyridine rings is 1. The van der Waals surface area contributed by atoms with Crippen molar-refractivity contribution < 1.29 is 9.59 Å². The van der Waals surface area contributed by atoms with Gasteiger partial charge in [0, 0.05) is 5.69 Å². The van der Waals surface area contributed by atoms with Gasteiger partial charge in [-0.05, 0) is 61.0 Å². The number of aromatic nitrogens is 3. The summed E-state index contributed by atoms with van der Waals surface area (Å²) in [6.45, 7) is 3.75. The first-order chi connectivity index (χ1) is 12.8. The molecule has 0 spiro atoms. The molecule has 136 valence electrons. The number of hydrogen-bond acceptors (Lipinski definition) is 5. The molecule has 6 nitrogen and oxygen atoms in total. The van der Waals surface area contributed by atoms with Gasteiger partial charge in [-0.2, -0.15) is 0 Å². The zero-order valence-corrected chi connectivity index (χ0v) is 16.5. The van der Waals surface area contributed by atoms with E-state index in [1.807, 2.05) is 19.9 Å². The third kappa shape index (κ3) is 3.34. The highest BCUT2D eigenvalue weighted by Crippen LogP contribution is 2.31. The summed E-state index contributed by atoms with van der Waals surface area (Å²) in [4.78, 5) is 35.8. The van der Waals surface area contributed by atoms with E-state index in [0.29, 0.717) is 37.7 Å². The van der Waals surface area contributed by atoms with Crippen LogP contribution in [-0.2, 0) is 4.79 Å². The molecule has 0 saturated carbocycles. The van der Waals surface area contributed by atoms with Gasteiger partial charge in [0.2, 0.25) is 0 Å². The molecule has 1 saturated heterocycles. The maximum atomic E-state index is 11.8. The summed E-state index contributed by atoms with van der Waals surface area (Å²) >= 11 is 13.0. The quantitative estimate of drug-likeness (QED) is 0.579. The molecule has 0 atom stereocenters. The fourth-order valence-corrected chi connectivity index (χ4v) is 3.79. The lowest BCUT2D eigenvalue weighted by Gasteiger charge is -2.07. The maximum Gasteiger partial charge on any atom is 0.290 e. The Morgan fingerprint density at radius 2 is 1.81 bits per heavy atom. The number of benzene rings is 1. The number of imide groups is 1. The van der Waals surface area contributed by atoms with Crippen LogP contribution >= 0.6 is 35.0 Å². The predicted molar refractivity (Wildman–Crippen MR) is 108 cm³/mol. The molecule has 9 heteroatoms. The molecule has 3 heterocycles. The van der Waals surface area contributed by atoms with E-state index in [9.17, 15) is 9.59 Å². The van der Waals surface area contributed by atoms with E-state index < -0.39 is 5.91 Å². The van der Waals surface area contributed by atoms with Crippen molar-refractivity contribution in [1.29, 1.82) is 0 Å². The van der Waals surface area contributed by atoms with E-state index in [0.717, 1.165) is 28.4 Å². The van der Waals surface area contributed by atoms with Crippen LogP contribution in [0.2, 0.25) is 10.0 Å². The molecule has 0 unspecified atom stereocenters. The van der Waals surface area contributed by atoms with Crippen LogP contribution < -0.4 is 5.32 Å². The number of carbonyl (C=O) groups excluding carboxylic acids is 2. The van der Waals surface area contributed by atoms with Crippen LogP contribution in [0.3, 0.4) is 0 Å². The Bertz CT molecular complexity index is 1130. The molecule has 27 heavy (non-hydrogen) atoms. The zero-order chi connectivity index (χ0) is 19.3. The van der Waals surface area contributed by atoms with Crippen LogP contribution in [0.15, 0.2) is 23.1 Å². The van der Waals surface area contributed by atoms with E-state index in [2.05, 4.69) is 20.3 Å². The summed E-state index contributed by atoms with van der Waals surface area (Å²) in [7, 11) is 0. The Kier molecular flexibility index (Phi) is 4.46. The first-order valence-electron chi connectivity index (χ1n) is 7.90. The van der Waals surface area contributed by atoms with Gasteiger partial charge < -0.3 is 4.98 Å². The van der Waals surface area contributed by atoms with Crippen LogP contribution in [0, 0.1) is 13.8 Å². The summed E-state index contributed by atoms with van der Waals surface area (Å²) in [5.74, 6) is 0.212. The number of H-pyrrole nitrogens is 1. The number of fused-ring (bicyclic) bond motifs is 1. The second kappa shape index (κ2) is 6.67. The average molecular weight is 419 g/mol. The van der Waals surface area contributed by atoms with Gasteiger partial charge in [0.05, 0.1) is 26.0 Å². The third-order valence-electron chi connectivity index (χ3n) is 4.12. The molecular formula is C18H12Cl2N4O2S. The van der Waals surface area contributed by atoms with Gasteiger partial charge in [-0.1, -0.05) is 23.2 Å². The van der Waals surface area contributed by atoms with Gasteiger partial charge in [0.1, 0.15) is 5.69 Å². The van der Waals surface area contributed by atoms with E-state index >= 15 is 0 Å². The molecule has 1 fully saturated rings. The minimum Gasteiger partial charge on any atom is -0.337 e. The number of carbonyl (C=O) groups is 2. The number of amides is 2. The van der Waals surface area contributed by atoms with E-state index in [4.69, 9.17) is 23.2 Å². The second-order valence-electron chi connectivity index (χ2n) is 6.05. The topological polar surface area (TPSA) is 87.7 Å². The molecule has 1 aliphatic rings. The monoisotopic (exact) mass is 418 g/mol. The molecule has 3 aromatic rings. The lowest BCUT2D eigenvalue weighted by Crippen LogP contribution is -2.17. The number of aromatic amines is 1. The van der Waals surface area contributed by atoms with Gasteiger partial charge in [0.15, 0.2) is 5.82 Å². The Labute approximate surface area is 168 Å². The van der Waals surface area contributed by atoms with Gasteiger partial charge >= 0.3 is 0 Å². The van der Waals surface area contributed by atoms with Crippen molar-refractivity contribution in [3.63, 3.8) is 0 Å². The first-order valence-corrected chi connectivity index (χ1v) is 9.47. The fraction of sp³-hybridized carbons (Fsp3) is 0.111. The van der Waals surface area contributed by atoms with Crippen LogP contribution in [0.5, 0.6) is 0 Å². The minimum absolute atomic E-state index is 0.352. The number of nitrogens with zero attached hydrogens (tertiary/aromatic N) is 2. The van der Waals surface area contributed by atoms with Crippen molar-refractivity contribution in [2.75, 3.05) is 0 Å². The maximum absolute atomic E-state index is 11.8. The molecule has 0 aliphatic carbocycles. The average Bonchev–Trinajstić information content (AvgIpc) is 3.13. The van der Waals surface area contributed by atoms with Crippen molar-refractivity contribution in [3.05, 3.63) is 50.0 Å². The summed E-state index contributed by atoms with van der Waals surface area (Å²) in [6.07, 6.45) is 1.67. The van der Waals surface area contributed by atoms with Gasteiger partial charge in [-0.25, -0.2) is 9.97 Å². The molecule has 2 aromatic heterocycles. The van der Waals surface area contributed by atoms with Gasteiger partial charge in [-0.15, -0.1) is 0 Å². The molecule has 0 bridgehead atoms. The van der Waals surface area contributed by atoms with Crippen LogP contribution in [-0.4, -0.2) is 26.1 Å². The van der Waals surface area contributed by atoms with Crippen molar-refractivity contribution >= 4 is 63.2 Å². The summed E-state index contributed by atoms with van der Waals surface area (Å²) in [5, 5.41) is 2.76. The first kappa shape index (κ1) is 18.0. The second-order valence-corrected chi connectivity index (χ2v) is 7.88. The number of nitrogens with one attached hydrogen (secondary N) is 2. The zero-order valence-electron chi connectivity index (χ0n) is 14.2. The molecule has 2 N–H and O–H groups in total. The van der Waals surface area contributed by atoms with Crippen molar-refractivity contribution in [2.45, 2.75) is 13.8 Å². The molecule has 1 aliphatic heterocycles. The minimum atomic E-state index is -0.392. The van der Waals surface area contributed by atoms with Crippen molar-refractivity contribution in [1.82, 2.24) is 20.3 Å². The van der Waals surface area contributed by atoms with Crippen molar-refractivity contribution in [2.24, 2.45) is 0 Å². The fourth-order valence-electron chi connectivity index (χ4n) is 2.79. The lowest BCUT2D eigenvalue weighted by molar-refractivity contribution is -0.115. The molecule has 2 amide bonds. The van der Waals surface area contributed by atoms with Crippen molar-refractivity contribution in [3.8, 4) is 11.5 Å². The number of rotatable bonds is 2. The van der Waals surface area contributed by atoms with E-state index in [-0.39, 0.29) is 5.24 Å². The summed E-state index contributed by atoms with van der Waals surface area (Å²) in [5.41, 5.74) is 4.51. The SMILES string of the molecule is Cc1cc(C=C2SC(=O)NC2=O)c(C)nc1-c1nc2cc(Cl)c(Cl)cc2[nH]1. The van der Waals surface area contributed by atoms with E-state index in [1.54, 1.807) is 18.2 Å². The largest absolute Gasteiger partial charge is 0.337 e. The van der Waals surface area contributed by atoms with Gasteiger partial charge in [0.25, 0.3) is 11.1 Å². The Balaban J connectivity index is 1.77. The van der Waals surface area contributed by atoms with Gasteiger partial charge in [-0.3, -0.25) is 14.9 Å². The number of thioether (sulfide) groups is 1. The van der Waals surface area contributed by atoms with E-state index in [1.165, 1.54) is 0 Å². The Morgan fingerprint density at radius 3 is 2.52 bits per heavy atom.